The Labute approximate surface area is 102 Å². The van der Waals surface area contributed by atoms with E-state index in [9.17, 15) is 9.90 Å². The number of carbonyl (C=O) groups is 1. The van der Waals surface area contributed by atoms with Crippen molar-refractivity contribution in [2.24, 2.45) is 5.92 Å². The maximum Gasteiger partial charge on any atom is 0.321 e. The molecule has 3 atom stereocenters. The van der Waals surface area contributed by atoms with Crippen molar-refractivity contribution < 1.29 is 9.90 Å². The molecule has 1 heterocycles. The molecule has 0 unspecified atom stereocenters. The predicted octanol–water partition coefficient (Wildman–Crippen LogP) is 2.54. The topological polar surface area (TPSA) is 40.5 Å². The second-order valence-electron chi connectivity index (χ2n) is 4.87. The van der Waals surface area contributed by atoms with E-state index in [2.05, 4.69) is 24.0 Å². The van der Waals surface area contributed by atoms with Gasteiger partial charge in [-0.1, -0.05) is 37.3 Å². The Balaban J connectivity index is 2.20. The van der Waals surface area contributed by atoms with Gasteiger partial charge in [-0.2, -0.15) is 0 Å². The van der Waals surface area contributed by atoms with Gasteiger partial charge in [-0.3, -0.25) is 9.69 Å². The molecular formula is C14H19NO2. The first-order chi connectivity index (χ1) is 8.11. The first-order valence-corrected chi connectivity index (χ1v) is 6.14. The molecule has 1 aromatic carbocycles. The molecule has 0 aliphatic carbocycles. The van der Waals surface area contributed by atoms with Gasteiger partial charge in [-0.25, -0.2) is 0 Å². The third-order valence-electron chi connectivity index (χ3n) is 3.77. The number of likely N-dealkylation sites (tertiary alicyclic amines) is 1. The molecule has 3 heteroatoms. The Morgan fingerprint density at radius 1 is 1.41 bits per heavy atom. The second-order valence-corrected chi connectivity index (χ2v) is 4.87. The van der Waals surface area contributed by atoms with Crippen molar-refractivity contribution in [3.05, 3.63) is 35.9 Å². The first-order valence-electron chi connectivity index (χ1n) is 6.14. The fraction of sp³-hybridized carbons (Fsp3) is 0.500. The van der Waals surface area contributed by atoms with Crippen molar-refractivity contribution in [1.29, 1.82) is 0 Å². The van der Waals surface area contributed by atoms with E-state index in [4.69, 9.17) is 0 Å². The SMILES string of the molecule is C[C@@H]1CCN([C@@H](C)c2ccccc2)[C@@H]1C(=O)O. The molecule has 0 aromatic heterocycles. The smallest absolute Gasteiger partial charge is 0.321 e. The molecule has 0 saturated carbocycles. The van der Waals surface area contributed by atoms with Crippen molar-refractivity contribution in [2.45, 2.75) is 32.4 Å². The Hall–Kier alpha value is -1.35. The summed E-state index contributed by atoms with van der Waals surface area (Å²) in [6.45, 7) is 4.98. The van der Waals surface area contributed by atoms with Gasteiger partial charge in [-0.05, 0) is 31.4 Å². The summed E-state index contributed by atoms with van der Waals surface area (Å²) in [6.07, 6.45) is 0.966. The van der Waals surface area contributed by atoms with Crippen LogP contribution in [0.3, 0.4) is 0 Å². The molecule has 0 bridgehead atoms. The van der Waals surface area contributed by atoms with E-state index in [1.807, 2.05) is 25.1 Å². The normalized spacial score (nSPS) is 26.9. The van der Waals surface area contributed by atoms with E-state index in [1.165, 1.54) is 5.56 Å². The van der Waals surface area contributed by atoms with Gasteiger partial charge >= 0.3 is 5.97 Å². The van der Waals surface area contributed by atoms with Crippen molar-refractivity contribution >= 4 is 5.97 Å². The van der Waals surface area contributed by atoms with Gasteiger partial charge < -0.3 is 5.11 Å². The third-order valence-corrected chi connectivity index (χ3v) is 3.77. The monoisotopic (exact) mass is 233 g/mol. The fourth-order valence-electron chi connectivity index (χ4n) is 2.72. The number of hydrogen-bond donors (Lipinski definition) is 1. The minimum atomic E-state index is -0.696. The van der Waals surface area contributed by atoms with Crippen LogP contribution in [-0.4, -0.2) is 28.6 Å². The van der Waals surface area contributed by atoms with Crippen molar-refractivity contribution in [3.63, 3.8) is 0 Å². The van der Waals surface area contributed by atoms with Crippen LogP contribution in [-0.2, 0) is 4.79 Å². The Bertz CT molecular complexity index is 390. The molecule has 2 rings (SSSR count). The molecule has 1 aliphatic heterocycles. The summed E-state index contributed by atoms with van der Waals surface area (Å²) in [7, 11) is 0. The van der Waals surface area contributed by atoms with E-state index in [0.717, 1.165) is 13.0 Å². The van der Waals surface area contributed by atoms with E-state index in [0.29, 0.717) is 0 Å². The molecule has 92 valence electrons. The minimum absolute atomic E-state index is 0.169. The molecule has 3 nitrogen and oxygen atoms in total. The number of benzene rings is 1. The van der Waals surface area contributed by atoms with Gasteiger partial charge in [-0.15, -0.1) is 0 Å². The van der Waals surface area contributed by atoms with E-state index < -0.39 is 5.97 Å². The van der Waals surface area contributed by atoms with Gasteiger partial charge in [0.2, 0.25) is 0 Å². The van der Waals surface area contributed by atoms with Crippen LogP contribution in [0, 0.1) is 5.92 Å². The quantitative estimate of drug-likeness (QED) is 0.872. The maximum absolute atomic E-state index is 11.3. The lowest BCUT2D eigenvalue weighted by Gasteiger charge is -2.29. The number of nitrogens with zero attached hydrogens (tertiary/aromatic N) is 1. The minimum Gasteiger partial charge on any atom is -0.480 e. The van der Waals surface area contributed by atoms with E-state index in [1.54, 1.807) is 0 Å². The zero-order chi connectivity index (χ0) is 12.4. The first kappa shape index (κ1) is 12.1. The highest BCUT2D eigenvalue weighted by Gasteiger charge is 2.39. The van der Waals surface area contributed by atoms with E-state index >= 15 is 0 Å². The molecule has 1 saturated heterocycles. The summed E-state index contributed by atoms with van der Waals surface area (Å²) in [5.41, 5.74) is 1.19. The van der Waals surface area contributed by atoms with Crippen molar-refractivity contribution in [2.75, 3.05) is 6.54 Å². The molecular weight excluding hydrogens is 214 g/mol. The molecule has 0 radical (unpaired) electrons. The van der Waals surface area contributed by atoms with Crippen LogP contribution in [0.1, 0.15) is 31.9 Å². The molecule has 1 fully saturated rings. The lowest BCUT2D eigenvalue weighted by atomic mass is 10.0. The summed E-state index contributed by atoms with van der Waals surface area (Å²) in [6, 6.07) is 9.94. The predicted molar refractivity (Wildman–Crippen MR) is 66.8 cm³/mol. The highest BCUT2D eigenvalue weighted by molar-refractivity contribution is 5.74. The van der Waals surface area contributed by atoms with Gasteiger partial charge in [0.1, 0.15) is 6.04 Å². The lowest BCUT2D eigenvalue weighted by molar-refractivity contribution is -0.144. The molecule has 0 amide bonds. The van der Waals surface area contributed by atoms with Crippen LogP contribution in [0.2, 0.25) is 0 Å². The number of rotatable bonds is 3. The lowest BCUT2D eigenvalue weighted by Crippen LogP contribution is -2.40. The number of aliphatic carboxylic acids is 1. The third kappa shape index (κ3) is 2.34. The van der Waals surface area contributed by atoms with Gasteiger partial charge in [0.25, 0.3) is 0 Å². The van der Waals surface area contributed by atoms with E-state index in [-0.39, 0.29) is 18.0 Å². The average molecular weight is 233 g/mol. The average Bonchev–Trinajstić information content (AvgIpc) is 2.71. The molecule has 1 aromatic rings. The number of carboxylic acid groups (broad SMARTS) is 1. The summed E-state index contributed by atoms with van der Waals surface area (Å²) in [4.78, 5) is 13.4. The maximum atomic E-state index is 11.3. The molecule has 1 aliphatic rings. The van der Waals surface area contributed by atoms with Crippen molar-refractivity contribution in [1.82, 2.24) is 4.90 Å². The van der Waals surface area contributed by atoms with Crippen LogP contribution < -0.4 is 0 Å². The van der Waals surface area contributed by atoms with Crippen LogP contribution in [0.5, 0.6) is 0 Å². The zero-order valence-corrected chi connectivity index (χ0v) is 10.3. The highest BCUT2D eigenvalue weighted by atomic mass is 16.4. The molecule has 0 spiro atoms. The number of carboxylic acids is 1. The standard InChI is InChI=1S/C14H19NO2/c1-10-8-9-15(13(10)14(16)17)11(2)12-6-4-3-5-7-12/h3-7,10-11,13H,8-9H2,1-2H3,(H,16,17)/t10-,11+,13+/m1/s1. The summed E-state index contributed by atoms with van der Waals surface area (Å²) >= 11 is 0. The Morgan fingerprint density at radius 3 is 2.65 bits per heavy atom. The van der Waals surface area contributed by atoms with Crippen LogP contribution in [0.4, 0.5) is 0 Å². The van der Waals surface area contributed by atoms with Crippen LogP contribution in [0.15, 0.2) is 30.3 Å². The summed E-state index contributed by atoms with van der Waals surface area (Å²) in [5, 5.41) is 9.31. The van der Waals surface area contributed by atoms with Crippen molar-refractivity contribution in [3.8, 4) is 0 Å². The Morgan fingerprint density at radius 2 is 2.06 bits per heavy atom. The fourth-order valence-corrected chi connectivity index (χ4v) is 2.72. The van der Waals surface area contributed by atoms with Gasteiger partial charge in [0.15, 0.2) is 0 Å². The largest absolute Gasteiger partial charge is 0.480 e. The molecule has 1 N–H and O–H groups in total. The summed E-state index contributed by atoms with van der Waals surface area (Å²) in [5.74, 6) is -0.462. The highest BCUT2D eigenvalue weighted by Crippen LogP contribution is 2.32. The second kappa shape index (κ2) is 4.88. The Kier molecular flexibility index (Phi) is 3.48. The summed E-state index contributed by atoms with van der Waals surface area (Å²) < 4.78 is 0. The van der Waals surface area contributed by atoms with Gasteiger partial charge in [0, 0.05) is 6.04 Å². The van der Waals surface area contributed by atoms with Crippen LogP contribution in [0.25, 0.3) is 0 Å². The zero-order valence-electron chi connectivity index (χ0n) is 10.3. The number of hydrogen-bond acceptors (Lipinski definition) is 2. The van der Waals surface area contributed by atoms with Gasteiger partial charge in [0.05, 0.1) is 0 Å². The molecule has 17 heavy (non-hydrogen) atoms. The van der Waals surface area contributed by atoms with Crippen LogP contribution >= 0.6 is 0 Å².